The maximum absolute atomic E-state index is 12.4. The van der Waals surface area contributed by atoms with Crippen LogP contribution in [0.3, 0.4) is 0 Å². The van der Waals surface area contributed by atoms with Gasteiger partial charge in [0.25, 0.3) is 0 Å². The van der Waals surface area contributed by atoms with Crippen LogP contribution in [-0.4, -0.2) is 79.1 Å². The Balaban J connectivity index is 4.24. The van der Waals surface area contributed by atoms with E-state index in [1.807, 2.05) is 0 Å². The summed E-state index contributed by atoms with van der Waals surface area (Å²) in [6.07, 6.45) is 0.456. The van der Waals surface area contributed by atoms with Gasteiger partial charge in [-0.3, -0.25) is 28.2 Å². The zero-order valence-corrected chi connectivity index (χ0v) is 20.5. The first-order chi connectivity index (χ1) is 15.4. The van der Waals surface area contributed by atoms with Crippen LogP contribution in [0.15, 0.2) is 0 Å². The Bertz CT molecular complexity index is 690. The highest BCUT2D eigenvalue weighted by Crippen LogP contribution is 2.42. The minimum absolute atomic E-state index is 0.00988. The minimum Gasteiger partial charge on any atom is -0.396 e. The molecule has 33 heavy (non-hydrogen) atoms. The van der Waals surface area contributed by atoms with Crippen molar-refractivity contribution in [2.24, 2.45) is 5.92 Å². The number of hydrogen-bond donors (Lipinski definition) is 6. The van der Waals surface area contributed by atoms with Crippen molar-refractivity contribution in [1.82, 2.24) is 21.3 Å². The highest BCUT2D eigenvalue weighted by molar-refractivity contribution is 7.47. The molecule has 0 aliphatic heterocycles. The van der Waals surface area contributed by atoms with E-state index in [0.717, 1.165) is 0 Å². The molecule has 0 aliphatic rings. The third kappa shape index (κ3) is 14.7. The lowest BCUT2D eigenvalue weighted by atomic mass is 10.0. The molecule has 0 aromatic carbocycles. The van der Waals surface area contributed by atoms with Gasteiger partial charge in [-0.05, 0) is 25.7 Å². The predicted molar refractivity (Wildman–Crippen MR) is 119 cm³/mol. The number of likely N-dealkylation sites (N-methyl/N-ethyl adjacent to an activating group) is 1. The van der Waals surface area contributed by atoms with Crippen molar-refractivity contribution in [1.29, 1.82) is 0 Å². The first-order valence-corrected chi connectivity index (χ1v) is 12.2. The quantitative estimate of drug-likeness (QED) is 0.110. The summed E-state index contributed by atoms with van der Waals surface area (Å²) < 4.78 is 20.8. The molecule has 0 aromatic rings. The van der Waals surface area contributed by atoms with E-state index in [1.54, 1.807) is 13.8 Å². The van der Waals surface area contributed by atoms with E-state index in [4.69, 9.17) is 5.11 Å². The number of amides is 4. The molecule has 13 nitrogen and oxygen atoms in total. The number of carbonyl (C=O) groups is 4. The maximum Gasteiger partial charge on any atom is 0.472 e. The second-order valence-corrected chi connectivity index (χ2v) is 9.00. The average molecular weight is 496 g/mol. The normalized spacial score (nSPS) is 14.6. The van der Waals surface area contributed by atoms with E-state index >= 15 is 0 Å². The number of carbonyl (C=O) groups excluding carboxylic acids is 4. The summed E-state index contributed by atoms with van der Waals surface area (Å²) in [6.45, 7) is 4.45. The second-order valence-electron chi connectivity index (χ2n) is 7.55. The minimum atomic E-state index is -4.23. The Morgan fingerprint density at radius 3 is 2.09 bits per heavy atom. The molecule has 6 N–H and O–H groups in total. The molecule has 3 atom stereocenters. The Morgan fingerprint density at radius 2 is 1.52 bits per heavy atom. The molecule has 0 spiro atoms. The maximum atomic E-state index is 12.4. The van der Waals surface area contributed by atoms with Crippen molar-refractivity contribution >= 4 is 31.5 Å². The van der Waals surface area contributed by atoms with E-state index in [1.165, 1.54) is 14.0 Å². The lowest BCUT2D eigenvalue weighted by Gasteiger charge is -2.23. The molecular formula is C19H37N4O9P. The van der Waals surface area contributed by atoms with Crippen LogP contribution in [0.4, 0.5) is 0 Å². The highest BCUT2D eigenvalue weighted by atomic mass is 31.2. The number of phosphoric acid groups is 1. The van der Waals surface area contributed by atoms with Gasteiger partial charge in [0, 0.05) is 33.0 Å². The van der Waals surface area contributed by atoms with Gasteiger partial charge in [-0.25, -0.2) is 4.57 Å². The van der Waals surface area contributed by atoms with E-state index in [-0.39, 0.29) is 69.8 Å². The summed E-state index contributed by atoms with van der Waals surface area (Å²) in [5, 5.41) is 18.7. The molecule has 0 saturated heterocycles. The van der Waals surface area contributed by atoms with Gasteiger partial charge in [0.1, 0.15) is 12.1 Å². The molecule has 0 heterocycles. The SMILES string of the molecule is CNC(=O)[C@H](C)NC(=O)[C@@H](NC(=O)CCCC(=O)NCCOP(=O)(O)OCCCO)C(C)C. The molecule has 0 radical (unpaired) electrons. The van der Waals surface area contributed by atoms with Gasteiger partial charge in [-0.1, -0.05) is 13.8 Å². The fraction of sp³-hybridized carbons (Fsp3) is 0.789. The smallest absolute Gasteiger partial charge is 0.396 e. The number of rotatable bonds is 17. The Kier molecular flexibility index (Phi) is 15.5. The average Bonchev–Trinajstić information content (AvgIpc) is 2.74. The van der Waals surface area contributed by atoms with Gasteiger partial charge in [0.15, 0.2) is 0 Å². The van der Waals surface area contributed by atoms with Gasteiger partial charge in [0.2, 0.25) is 23.6 Å². The summed E-state index contributed by atoms with van der Waals surface area (Å²) in [5.74, 6) is -1.84. The number of aliphatic hydroxyl groups excluding tert-OH is 1. The van der Waals surface area contributed by atoms with E-state index < -0.39 is 31.7 Å². The molecule has 192 valence electrons. The van der Waals surface area contributed by atoms with Gasteiger partial charge >= 0.3 is 7.82 Å². The zero-order valence-electron chi connectivity index (χ0n) is 19.6. The van der Waals surface area contributed by atoms with Crippen molar-refractivity contribution in [3.8, 4) is 0 Å². The summed E-state index contributed by atoms with van der Waals surface area (Å²) in [5.41, 5.74) is 0. The van der Waals surface area contributed by atoms with Crippen LogP contribution >= 0.6 is 7.82 Å². The van der Waals surface area contributed by atoms with Crippen molar-refractivity contribution in [3.63, 3.8) is 0 Å². The molecule has 0 bridgehead atoms. The Labute approximate surface area is 194 Å². The topological polar surface area (TPSA) is 192 Å². The Hall–Kier alpha value is -2.05. The molecule has 0 aromatic heterocycles. The van der Waals surface area contributed by atoms with Crippen molar-refractivity contribution < 1.29 is 42.8 Å². The van der Waals surface area contributed by atoms with E-state index in [2.05, 4.69) is 30.3 Å². The van der Waals surface area contributed by atoms with Crippen LogP contribution in [0.1, 0.15) is 46.5 Å². The second kappa shape index (κ2) is 16.5. The Morgan fingerprint density at radius 1 is 0.909 bits per heavy atom. The van der Waals surface area contributed by atoms with Gasteiger partial charge in [-0.15, -0.1) is 0 Å². The largest absolute Gasteiger partial charge is 0.472 e. The lowest BCUT2D eigenvalue weighted by molar-refractivity contribution is -0.132. The van der Waals surface area contributed by atoms with E-state index in [0.29, 0.717) is 0 Å². The van der Waals surface area contributed by atoms with Crippen LogP contribution in [0, 0.1) is 5.92 Å². The van der Waals surface area contributed by atoms with Crippen LogP contribution < -0.4 is 21.3 Å². The molecule has 0 fully saturated rings. The standard InChI is InChI=1S/C19H37N4O9P/c1-13(2)17(19(28)22-14(3)18(27)20-4)23-16(26)8-5-7-15(25)21-9-12-32-33(29,30)31-11-6-10-24/h13-14,17,24H,5-12H2,1-4H3,(H,20,27)(H,21,25)(H,22,28)(H,23,26)(H,29,30)/t14-,17-/m0/s1. The number of nitrogens with one attached hydrogen (secondary N) is 4. The van der Waals surface area contributed by atoms with Crippen LogP contribution in [0.25, 0.3) is 0 Å². The van der Waals surface area contributed by atoms with Crippen LogP contribution in [0.5, 0.6) is 0 Å². The fourth-order valence-electron chi connectivity index (χ4n) is 2.50. The predicted octanol–water partition coefficient (Wildman–Crippen LogP) is -0.820. The molecule has 0 aliphatic carbocycles. The number of hydrogen-bond acceptors (Lipinski definition) is 8. The van der Waals surface area contributed by atoms with Crippen molar-refractivity contribution in [3.05, 3.63) is 0 Å². The lowest BCUT2D eigenvalue weighted by Crippen LogP contribution is -2.54. The monoisotopic (exact) mass is 496 g/mol. The fourth-order valence-corrected chi connectivity index (χ4v) is 3.25. The molecule has 14 heteroatoms. The zero-order chi connectivity index (χ0) is 25.4. The third-order valence-electron chi connectivity index (χ3n) is 4.31. The molecule has 1 unspecified atom stereocenters. The van der Waals surface area contributed by atoms with Gasteiger partial charge in [-0.2, -0.15) is 0 Å². The highest BCUT2D eigenvalue weighted by Gasteiger charge is 2.26. The first-order valence-electron chi connectivity index (χ1n) is 10.7. The van der Waals surface area contributed by atoms with E-state index in [9.17, 15) is 28.6 Å². The third-order valence-corrected chi connectivity index (χ3v) is 5.33. The molecule has 0 saturated carbocycles. The van der Waals surface area contributed by atoms with Gasteiger partial charge in [0.05, 0.1) is 13.2 Å². The molecular weight excluding hydrogens is 459 g/mol. The number of aliphatic hydroxyl groups is 1. The van der Waals surface area contributed by atoms with Crippen LogP contribution in [0.2, 0.25) is 0 Å². The van der Waals surface area contributed by atoms with Crippen molar-refractivity contribution in [2.45, 2.75) is 58.5 Å². The summed E-state index contributed by atoms with van der Waals surface area (Å²) in [6, 6.07) is -1.58. The molecule has 4 amide bonds. The van der Waals surface area contributed by atoms with Crippen LogP contribution in [-0.2, 0) is 32.8 Å². The summed E-state index contributed by atoms with van der Waals surface area (Å²) in [7, 11) is -2.78. The first kappa shape index (κ1) is 30.9. The van der Waals surface area contributed by atoms with Crippen molar-refractivity contribution in [2.75, 3.05) is 33.4 Å². The summed E-state index contributed by atoms with van der Waals surface area (Å²) in [4.78, 5) is 57.3. The molecule has 0 rings (SSSR count). The summed E-state index contributed by atoms with van der Waals surface area (Å²) >= 11 is 0. The number of phosphoric ester groups is 1. The van der Waals surface area contributed by atoms with Gasteiger partial charge < -0.3 is 31.3 Å².